The van der Waals surface area contributed by atoms with Crippen LogP contribution in [0, 0.1) is 12.7 Å². The van der Waals surface area contributed by atoms with Crippen LogP contribution in [0.3, 0.4) is 0 Å². The van der Waals surface area contributed by atoms with Gasteiger partial charge >= 0.3 is 5.97 Å². The number of likely N-dealkylation sites (tertiary alicyclic amines) is 1. The van der Waals surface area contributed by atoms with E-state index in [0.29, 0.717) is 17.7 Å². The monoisotopic (exact) mass is 293 g/mol. The number of esters is 1. The van der Waals surface area contributed by atoms with Gasteiger partial charge in [0.25, 0.3) is 5.91 Å². The first kappa shape index (κ1) is 15.5. The summed E-state index contributed by atoms with van der Waals surface area (Å²) in [5.74, 6) is -0.801. The molecule has 0 aromatic heterocycles. The van der Waals surface area contributed by atoms with Crippen molar-refractivity contribution >= 4 is 11.9 Å². The lowest BCUT2D eigenvalue weighted by molar-refractivity contribution is -0.142. The molecule has 1 aromatic rings. The number of methoxy groups -OCH3 is 1. The number of carbonyl (C=O) groups excluding carboxylic acids is 2. The Bertz CT molecular complexity index is 544. The zero-order chi connectivity index (χ0) is 15.4. The highest BCUT2D eigenvalue weighted by Gasteiger charge is 2.30. The van der Waals surface area contributed by atoms with Crippen LogP contribution in [0.4, 0.5) is 4.39 Å². The first-order chi connectivity index (χ1) is 10.0. The van der Waals surface area contributed by atoms with Gasteiger partial charge in [0, 0.05) is 18.2 Å². The van der Waals surface area contributed by atoms with Crippen molar-refractivity contribution in [1.82, 2.24) is 4.90 Å². The predicted octanol–water partition coefficient (Wildman–Crippen LogP) is 2.69. The molecule has 1 aliphatic rings. The van der Waals surface area contributed by atoms with Gasteiger partial charge in [-0.15, -0.1) is 0 Å². The van der Waals surface area contributed by atoms with Crippen molar-refractivity contribution in [2.45, 2.75) is 38.6 Å². The van der Waals surface area contributed by atoms with E-state index in [1.807, 2.05) is 0 Å². The Morgan fingerprint density at radius 1 is 1.38 bits per heavy atom. The van der Waals surface area contributed by atoms with Crippen molar-refractivity contribution in [3.8, 4) is 0 Å². The van der Waals surface area contributed by atoms with Crippen LogP contribution in [-0.2, 0) is 9.53 Å². The van der Waals surface area contributed by atoms with Crippen molar-refractivity contribution in [3.05, 3.63) is 35.1 Å². The van der Waals surface area contributed by atoms with E-state index < -0.39 is 0 Å². The number of hydrogen-bond acceptors (Lipinski definition) is 3. The number of nitrogens with zero attached hydrogens (tertiary/aromatic N) is 1. The van der Waals surface area contributed by atoms with Gasteiger partial charge in [-0.2, -0.15) is 0 Å². The molecule has 1 unspecified atom stereocenters. The van der Waals surface area contributed by atoms with Gasteiger partial charge in [-0.1, -0.05) is 0 Å². The molecule has 0 bridgehead atoms. The predicted molar refractivity (Wildman–Crippen MR) is 76.4 cm³/mol. The van der Waals surface area contributed by atoms with Gasteiger partial charge in [0.2, 0.25) is 0 Å². The highest BCUT2D eigenvalue weighted by Crippen LogP contribution is 2.23. The number of ether oxygens (including phenoxy) is 1. The molecule has 2 rings (SSSR count). The van der Waals surface area contributed by atoms with Crippen molar-refractivity contribution in [2.75, 3.05) is 13.7 Å². The second-order valence-corrected chi connectivity index (χ2v) is 5.39. The van der Waals surface area contributed by atoms with Crippen LogP contribution in [0.15, 0.2) is 18.2 Å². The highest BCUT2D eigenvalue weighted by atomic mass is 19.1. The molecule has 1 aliphatic heterocycles. The van der Waals surface area contributed by atoms with Crippen LogP contribution in [0.1, 0.15) is 41.6 Å². The molecular formula is C16H20FNO3. The first-order valence-electron chi connectivity index (χ1n) is 7.17. The van der Waals surface area contributed by atoms with Gasteiger partial charge in [-0.25, -0.2) is 4.39 Å². The molecule has 1 aromatic carbocycles. The zero-order valence-corrected chi connectivity index (χ0v) is 12.4. The molecule has 0 N–H and O–H groups in total. The smallest absolute Gasteiger partial charge is 0.307 e. The third-order valence-electron chi connectivity index (χ3n) is 3.94. The van der Waals surface area contributed by atoms with Crippen LogP contribution in [-0.4, -0.2) is 36.5 Å². The maximum Gasteiger partial charge on any atom is 0.307 e. The minimum absolute atomic E-state index is 0.136. The fraction of sp³-hybridized carbons (Fsp3) is 0.500. The summed E-state index contributed by atoms with van der Waals surface area (Å²) >= 11 is 0. The Kier molecular flexibility index (Phi) is 4.94. The second-order valence-electron chi connectivity index (χ2n) is 5.39. The van der Waals surface area contributed by atoms with Gasteiger partial charge in [0.05, 0.1) is 13.5 Å². The van der Waals surface area contributed by atoms with Crippen molar-refractivity contribution in [2.24, 2.45) is 0 Å². The third-order valence-corrected chi connectivity index (χ3v) is 3.94. The maximum atomic E-state index is 13.2. The van der Waals surface area contributed by atoms with Crippen LogP contribution in [0.5, 0.6) is 0 Å². The Balaban J connectivity index is 2.20. The fourth-order valence-corrected chi connectivity index (χ4v) is 2.78. The van der Waals surface area contributed by atoms with Crippen molar-refractivity contribution in [1.29, 1.82) is 0 Å². The molecule has 21 heavy (non-hydrogen) atoms. The van der Waals surface area contributed by atoms with E-state index in [-0.39, 0.29) is 30.2 Å². The quantitative estimate of drug-likeness (QED) is 0.805. The number of halogens is 1. The first-order valence-corrected chi connectivity index (χ1v) is 7.17. The van der Waals surface area contributed by atoms with E-state index in [9.17, 15) is 14.0 Å². The zero-order valence-electron chi connectivity index (χ0n) is 12.4. The van der Waals surface area contributed by atoms with E-state index in [1.165, 1.54) is 25.3 Å². The van der Waals surface area contributed by atoms with Gasteiger partial charge in [0.1, 0.15) is 5.82 Å². The van der Waals surface area contributed by atoms with Crippen molar-refractivity contribution < 1.29 is 18.7 Å². The van der Waals surface area contributed by atoms with Gasteiger partial charge in [0.15, 0.2) is 0 Å². The number of rotatable bonds is 3. The molecule has 1 saturated heterocycles. The molecule has 1 atom stereocenters. The maximum absolute atomic E-state index is 13.2. The molecule has 0 radical (unpaired) electrons. The van der Waals surface area contributed by atoms with Crippen LogP contribution in [0.2, 0.25) is 0 Å². The molecule has 114 valence electrons. The van der Waals surface area contributed by atoms with Crippen LogP contribution >= 0.6 is 0 Å². The minimum atomic E-state index is -0.353. The fourth-order valence-electron chi connectivity index (χ4n) is 2.78. The molecular weight excluding hydrogens is 273 g/mol. The average molecular weight is 293 g/mol. The van der Waals surface area contributed by atoms with E-state index >= 15 is 0 Å². The minimum Gasteiger partial charge on any atom is -0.469 e. The van der Waals surface area contributed by atoms with E-state index in [1.54, 1.807) is 11.8 Å². The topological polar surface area (TPSA) is 46.6 Å². The normalized spacial score (nSPS) is 18.4. The van der Waals surface area contributed by atoms with Crippen LogP contribution in [0.25, 0.3) is 0 Å². The SMILES string of the molecule is COC(=O)CC1CCCCN1C(=O)c1ccc(F)cc1C. The number of piperidine rings is 1. The molecule has 1 fully saturated rings. The average Bonchev–Trinajstić information content (AvgIpc) is 2.47. The summed E-state index contributed by atoms with van der Waals surface area (Å²) in [6, 6.07) is 4.02. The largest absolute Gasteiger partial charge is 0.469 e. The lowest BCUT2D eigenvalue weighted by Crippen LogP contribution is -2.45. The van der Waals surface area contributed by atoms with E-state index in [0.717, 1.165) is 19.3 Å². The molecule has 1 heterocycles. The summed E-state index contributed by atoms with van der Waals surface area (Å²) in [4.78, 5) is 25.9. The molecule has 4 nitrogen and oxygen atoms in total. The molecule has 0 aliphatic carbocycles. The highest BCUT2D eigenvalue weighted by molar-refractivity contribution is 5.96. The lowest BCUT2D eigenvalue weighted by atomic mass is 9.97. The summed E-state index contributed by atoms with van der Waals surface area (Å²) < 4.78 is 17.9. The Hall–Kier alpha value is -1.91. The molecule has 1 amide bonds. The van der Waals surface area contributed by atoms with E-state index in [2.05, 4.69) is 0 Å². The Morgan fingerprint density at radius 3 is 2.81 bits per heavy atom. The Labute approximate surface area is 123 Å². The lowest BCUT2D eigenvalue weighted by Gasteiger charge is -2.35. The Morgan fingerprint density at radius 2 is 2.14 bits per heavy atom. The molecule has 5 heteroatoms. The summed E-state index contributed by atoms with van der Waals surface area (Å²) in [6.45, 7) is 2.34. The number of amides is 1. The number of benzene rings is 1. The number of hydrogen-bond donors (Lipinski definition) is 0. The molecule has 0 saturated carbocycles. The summed E-state index contributed by atoms with van der Waals surface area (Å²) in [7, 11) is 1.35. The summed E-state index contributed by atoms with van der Waals surface area (Å²) in [5, 5.41) is 0. The summed E-state index contributed by atoms with van der Waals surface area (Å²) in [6.07, 6.45) is 2.92. The number of carbonyl (C=O) groups is 2. The third kappa shape index (κ3) is 3.60. The van der Waals surface area contributed by atoms with Gasteiger partial charge < -0.3 is 9.64 Å². The van der Waals surface area contributed by atoms with Crippen LogP contribution < -0.4 is 0 Å². The molecule has 0 spiro atoms. The second kappa shape index (κ2) is 6.70. The van der Waals surface area contributed by atoms with Crippen molar-refractivity contribution in [3.63, 3.8) is 0 Å². The number of aryl methyl sites for hydroxylation is 1. The van der Waals surface area contributed by atoms with Gasteiger partial charge in [-0.05, 0) is 49.9 Å². The standard InChI is InChI=1S/C16H20FNO3/c1-11-9-12(17)6-7-14(11)16(20)18-8-4-3-5-13(18)10-15(19)21-2/h6-7,9,13H,3-5,8,10H2,1-2H3. The summed E-state index contributed by atoms with van der Waals surface area (Å²) in [5.41, 5.74) is 1.11. The van der Waals surface area contributed by atoms with Gasteiger partial charge in [-0.3, -0.25) is 9.59 Å². The van der Waals surface area contributed by atoms with E-state index in [4.69, 9.17) is 4.74 Å².